The number of carbonyl (C=O) groups is 1. The molecule has 0 aliphatic heterocycles. The molecule has 0 saturated heterocycles. The number of carboxylic acid groups (broad SMARTS) is 1. The van der Waals surface area contributed by atoms with Crippen molar-refractivity contribution < 1.29 is 23.1 Å². The fourth-order valence-corrected chi connectivity index (χ4v) is 3.25. The Morgan fingerprint density at radius 2 is 1.56 bits per heavy atom. The number of rotatable bonds is 5. The van der Waals surface area contributed by atoms with Crippen molar-refractivity contribution in [3.8, 4) is 11.1 Å². The van der Waals surface area contributed by atoms with Gasteiger partial charge in [0.15, 0.2) is 0 Å². The first-order valence-electron chi connectivity index (χ1n) is 9.32. The summed E-state index contributed by atoms with van der Waals surface area (Å²) in [5.74, 6) is -2.12. The van der Waals surface area contributed by atoms with Crippen LogP contribution in [0.5, 0.6) is 0 Å². The molecule has 1 radical (unpaired) electrons. The molecule has 0 spiro atoms. The van der Waals surface area contributed by atoms with Crippen LogP contribution in [0.15, 0.2) is 72.8 Å². The molecule has 2 N–H and O–H groups in total. The van der Waals surface area contributed by atoms with E-state index in [0.29, 0.717) is 10.9 Å². The first-order chi connectivity index (χ1) is 14.8. The van der Waals surface area contributed by atoms with Crippen molar-refractivity contribution in [1.29, 1.82) is 0 Å². The second-order valence-electron chi connectivity index (χ2n) is 6.81. The van der Waals surface area contributed by atoms with Gasteiger partial charge >= 0.3 is 12.1 Å². The number of halogens is 3. The number of hydrogen-bond acceptors (Lipinski definition) is 4. The van der Waals surface area contributed by atoms with Crippen molar-refractivity contribution >= 4 is 52.2 Å². The van der Waals surface area contributed by atoms with Gasteiger partial charge in [-0.15, -0.1) is 0 Å². The van der Waals surface area contributed by atoms with Gasteiger partial charge in [0, 0.05) is 41.5 Å². The van der Waals surface area contributed by atoms with E-state index in [-0.39, 0.29) is 53.0 Å². The molecule has 0 atom stereocenters. The Kier molecular flexibility index (Phi) is 7.18. The summed E-state index contributed by atoms with van der Waals surface area (Å²) in [4.78, 5) is 18.7. The van der Waals surface area contributed by atoms with Crippen LogP contribution in [0.2, 0.25) is 0 Å². The SMILES string of the molecule is O=C(O)c1ccccc1-c1ccc(CNc2nc(C(F)(F)F)nc3ccccc23)cc1.[Na]. The number of alkyl halides is 3. The third-order valence-corrected chi connectivity index (χ3v) is 4.74. The van der Waals surface area contributed by atoms with Crippen molar-refractivity contribution in [3.05, 3.63) is 89.7 Å². The van der Waals surface area contributed by atoms with Gasteiger partial charge in [-0.2, -0.15) is 13.2 Å². The summed E-state index contributed by atoms with van der Waals surface area (Å²) in [6.07, 6.45) is -4.65. The van der Waals surface area contributed by atoms with Crippen LogP contribution in [0.4, 0.5) is 19.0 Å². The largest absolute Gasteiger partial charge is 0.478 e. The topological polar surface area (TPSA) is 75.1 Å². The molecular formula is C23H16F3N3NaO2. The van der Waals surface area contributed by atoms with Crippen LogP contribution in [0.1, 0.15) is 21.7 Å². The number of anilines is 1. The van der Waals surface area contributed by atoms with Crippen LogP contribution >= 0.6 is 0 Å². The van der Waals surface area contributed by atoms with Crippen LogP contribution in [-0.4, -0.2) is 50.6 Å². The van der Waals surface area contributed by atoms with Crippen molar-refractivity contribution in [1.82, 2.24) is 9.97 Å². The van der Waals surface area contributed by atoms with E-state index in [1.54, 1.807) is 60.7 Å². The molecule has 0 saturated carbocycles. The Hall–Kier alpha value is -2.94. The maximum absolute atomic E-state index is 13.2. The smallest absolute Gasteiger partial charge is 0.451 e. The van der Waals surface area contributed by atoms with E-state index in [0.717, 1.165) is 11.1 Å². The van der Waals surface area contributed by atoms with E-state index in [2.05, 4.69) is 15.3 Å². The molecular weight excluding hydrogens is 430 g/mol. The molecule has 0 fully saturated rings. The minimum absolute atomic E-state index is 0. The van der Waals surface area contributed by atoms with E-state index in [9.17, 15) is 23.1 Å². The number of para-hydroxylation sites is 1. The molecule has 0 aliphatic rings. The Balaban J connectivity index is 0.00000289. The zero-order valence-corrected chi connectivity index (χ0v) is 19.0. The zero-order valence-electron chi connectivity index (χ0n) is 17.0. The normalized spacial score (nSPS) is 11.1. The molecule has 5 nitrogen and oxygen atoms in total. The molecule has 1 heterocycles. The standard InChI is InChI=1S/C23H16F3N3O2.Na/c24-23(25,26)22-28-19-8-4-3-7-18(19)20(29-22)27-13-14-9-11-15(12-10-14)16-5-1-2-6-17(16)21(30)31;/h1-12H,13H2,(H,30,31)(H,27,28,29);. The summed E-state index contributed by atoms with van der Waals surface area (Å²) in [6.45, 7) is 0.235. The monoisotopic (exact) mass is 446 g/mol. The maximum atomic E-state index is 13.2. The van der Waals surface area contributed by atoms with Gasteiger partial charge < -0.3 is 10.4 Å². The minimum atomic E-state index is -4.65. The Morgan fingerprint density at radius 3 is 2.25 bits per heavy atom. The van der Waals surface area contributed by atoms with Gasteiger partial charge in [0.05, 0.1) is 11.1 Å². The van der Waals surface area contributed by atoms with Gasteiger partial charge in [0.1, 0.15) is 5.82 Å². The summed E-state index contributed by atoms with van der Waals surface area (Å²) >= 11 is 0. The van der Waals surface area contributed by atoms with Crippen LogP contribution < -0.4 is 5.32 Å². The molecule has 0 bridgehead atoms. The van der Waals surface area contributed by atoms with Crippen molar-refractivity contribution in [2.24, 2.45) is 0 Å². The first-order valence-corrected chi connectivity index (χ1v) is 9.32. The quantitative estimate of drug-likeness (QED) is 0.410. The third-order valence-electron chi connectivity index (χ3n) is 4.74. The van der Waals surface area contributed by atoms with Gasteiger partial charge in [-0.1, -0.05) is 54.6 Å². The molecule has 4 aromatic rings. The van der Waals surface area contributed by atoms with E-state index in [1.165, 1.54) is 12.1 Å². The number of hydrogen-bond donors (Lipinski definition) is 2. The fourth-order valence-electron chi connectivity index (χ4n) is 3.25. The molecule has 3 aromatic carbocycles. The van der Waals surface area contributed by atoms with Crippen molar-refractivity contribution in [3.63, 3.8) is 0 Å². The van der Waals surface area contributed by atoms with E-state index >= 15 is 0 Å². The summed E-state index contributed by atoms with van der Waals surface area (Å²) < 4.78 is 39.5. The Labute approximate surface area is 203 Å². The summed E-state index contributed by atoms with van der Waals surface area (Å²) in [5.41, 5.74) is 2.51. The number of aromatic carboxylic acids is 1. The van der Waals surface area contributed by atoms with Crippen molar-refractivity contribution in [2.45, 2.75) is 12.7 Å². The number of nitrogens with one attached hydrogen (secondary N) is 1. The predicted octanol–water partition coefficient (Wildman–Crippen LogP) is 5.25. The van der Waals surface area contributed by atoms with Crippen LogP contribution in [0, 0.1) is 0 Å². The number of fused-ring (bicyclic) bond motifs is 1. The third kappa shape index (κ3) is 5.09. The molecule has 9 heteroatoms. The molecule has 4 rings (SSSR count). The van der Waals surface area contributed by atoms with Crippen LogP contribution in [-0.2, 0) is 12.7 Å². The first kappa shape index (κ1) is 23.7. The number of carboxylic acids is 1. The fraction of sp³-hybridized carbons (Fsp3) is 0.0870. The zero-order chi connectivity index (χ0) is 22.0. The number of benzene rings is 3. The Bertz CT molecular complexity index is 1260. The molecule has 0 aliphatic carbocycles. The molecule has 32 heavy (non-hydrogen) atoms. The van der Waals surface area contributed by atoms with Gasteiger partial charge in [-0.05, 0) is 34.9 Å². The molecule has 0 unspecified atom stereocenters. The van der Waals surface area contributed by atoms with E-state index < -0.39 is 18.0 Å². The summed E-state index contributed by atoms with van der Waals surface area (Å²) in [6, 6.07) is 20.3. The average Bonchev–Trinajstić information content (AvgIpc) is 2.77. The number of nitrogens with zero attached hydrogens (tertiary/aromatic N) is 2. The predicted molar refractivity (Wildman–Crippen MR) is 116 cm³/mol. The second-order valence-corrected chi connectivity index (χ2v) is 6.81. The molecule has 157 valence electrons. The van der Waals surface area contributed by atoms with E-state index in [1.807, 2.05) is 0 Å². The summed E-state index contributed by atoms with van der Waals surface area (Å²) in [5, 5.41) is 12.8. The van der Waals surface area contributed by atoms with Crippen molar-refractivity contribution in [2.75, 3.05) is 5.32 Å². The van der Waals surface area contributed by atoms with Gasteiger partial charge in [-0.25, -0.2) is 14.8 Å². The van der Waals surface area contributed by atoms with Crippen LogP contribution in [0.25, 0.3) is 22.0 Å². The minimum Gasteiger partial charge on any atom is -0.478 e. The Morgan fingerprint density at radius 1 is 0.906 bits per heavy atom. The second kappa shape index (κ2) is 9.68. The van der Waals surface area contributed by atoms with Gasteiger partial charge in [-0.3, -0.25) is 0 Å². The van der Waals surface area contributed by atoms with Gasteiger partial charge in [0.2, 0.25) is 5.82 Å². The maximum Gasteiger partial charge on any atom is 0.451 e. The molecule has 0 amide bonds. The van der Waals surface area contributed by atoms with Crippen LogP contribution in [0.3, 0.4) is 0 Å². The molecule has 1 aromatic heterocycles. The summed E-state index contributed by atoms with van der Waals surface area (Å²) in [7, 11) is 0. The average molecular weight is 446 g/mol. The van der Waals surface area contributed by atoms with E-state index in [4.69, 9.17) is 0 Å². The number of aromatic nitrogens is 2. The van der Waals surface area contributed by atoms with Gasteiger partial charge in [0.25, 0.3) is 0 Å².